The van der Waals surface area contributed by atoms with Gasteiger partial charge in [0.05, 0.1) is 18.3 Å². The fourth-order valence-corrected chi connectivity index (χ4v) is 1.84. The maximum absolute atomic E-state index is 12.4. The summed E-state index contributed by atoms with van der Waals surface area (Å²) in [7, 11) is 0. The van der Waals surface area contributed by atoms with Crippen LogP contribution in [0.5, 0.6) is 0 Å². The van der Waals surface area contributed by atoms with Gasteiger partial charge in [0.25, 0.3) is 0 Å². The predicted molar refractivity (Wildman–Crippen MR) is 78.0 cm³/mol. The van der Waals surface area contributed by atoms with Crippen LogP contribution in [0.3, 0.4) is 0 Å². The van der Waals surface area contributed by atoms with Gasteiger partial charge in [-0.05, 0) is 43.0 Å². The average Bonchev–Trinajstić information content (AvgIpc) is 3.29. The van der Waals surface area contributed by atoms with E-state index in [-0.39, 0.29) is 18.8 Å². The van der Waals surface area contributed by atoms with Gasteiger partial charge >= 0.3 is 12.2 Å². The summed E-state index contributed by atoms with van der Waals surface area (Å²) in [4.78, 5) is 11.6. The first-order valence-corrected chi connectivity index (χ1v) is 7.32. The van der Waals surface area contributed by atoms with Crippen molar-refractivity contribution in [1.29, 1.82) is 0 Å². The molecule has 0 aliphatic heterocycles. The topological polar surface area (TPSA) is 70.6 Å². The van der Waals surface area contributed by atoms with E-state index in [0.717, 1.165) is 37.1 Å². The van der Waals surface area contributed by atoms with Gasteiger partial charge in [0.2, 0.25) is 0 Å². The van der Waals surface area contributed by atoms with Crippen molar-refractivity contribution in [2.24, 2.45) is 5.92 Å². The van der Waals surface area contributed by atoms with E-state index < -0.39 is 23.9 Å². The van der Waals surface area contributed by atoms with Crippen LogP contribution in [0.1, 0.15) is 18.4 Å². The molecular formula is C15H19F3N2O3. The van der Waals surface area contributed by atoms with Crippen molar-refractivity contribution >= 4 is 11.7 Å². The highest BCUT2D eigenvalue weighted by Gasteiger charge is 2.30. The third-order valence-electron chi connectivity index (χ3n) is 3.33. The number of rotatable bonds is 7. The van der Waals surface area contributed by atoms with Gasteiger partial charge in [-0.2, -0.15) is 13.2 Å². The maximum Gasteiger partial charge on any atom is 0.416 e. The molecule has 1 atom stereocenters. The van der Waals surface area contributed by atoms with E-state index in [2.05, 4.69) is 10.6 Å². The SMILES string of the molecule is O=C(NC[C@@H](O)COCC1CC1)Nc1ccc(C(F)(F)F)cc1. The molecule has 1 saturated carbocycles. The van der Waals surface area contributed by atoms with E-state index in [4.69, 9.17) is 4.74 Å². The third-order valence-corrected chi connectivity index (χ3v) is 3.33. The Morgan fingerprint density at radius 3 is 2.52 bits per heavy atom. The molecule has 1 aliphatic carbocycles. The van der Waals surface area contributed by atoms with E-state index in [1.807, 2.05) is 0 Å². The Balaban J connectivity index is 1.67. The second kappa shape index (κ2) is 7.65. The van der Waals surface area contributed by atoms with Crippen molar-refractivity contribution < 1.29 is 27.8 Å². The lowest BCUT2D eigenvalue weighted by Gasteiger charge is -2.13. The van der Waals surface area contributed by atoms with Gasteiger partial charge in [-0.25, -0.2) is 4.79 Å². The van der Waals surface area contributed by atoms with E-state index in [9.17, 15) is 23.1 Å². The molecule has 0 unspecified atom stereocenters. The monoisotopic (exact) mass is 332 g/mol. The Morgan fingerprint density at radius 1 is 1.30 bits per heavy atom. The van der Waals surface area contributed by atoms with Crippen LogP contribution in [0.4, 0.5) is 23.7 Å². The molecule has 23 heavy (non-hydrogen) atoms. The average molecular weight is 332 g/mol. The lowest BCUT2D eigenvalue weighted by Crippen LogP contribution is -2.37. The molecule has 0 spiro atoms. The number of ether oxygens (including phenoxy) is 1. The number of aliphatic hydroxyl groups is 1. The molecule has 0 bridgehead atoms. The number of amides is 2. The van der Waals surface area contributed by atoms with E-state index in [1.54, 1.807) is 0 Å². The molecule has 128 valence electrons. The number of aliphatic hydroxyl groups excluding tert-OH is 1. The van der Waals surface area contributed by atoms with E-state index in [1.165, 1.54) is 0 Å². The number of carbonyl (C=O) groups is 1. The molecule has 2 amide bonds. The van der Waals surface area contributed by atoms with Crippen LogP contribution in [0.25, 0.3) is 0 Å². The summed E-state index contributed by atoms with van der Waals surface area (Å²) in [6.07, 6.45) is -2.92. The lowest BCUT2D eigenvalue weighted by molar-refractivity contribution is -0.137. The molecule has 8 heteroatoms. The van der Waals surface area contributed by atoms with E-state index in [0.29, 0.717) is 12.5 Å². The molecule has 1 aromatic carbocycles. The minimum Gasteiger partial charge on any atom is -0.389 e. The Morgan fingerprint density at radius 2 is 1.96 bits per heavy atom. The summed E-state index contributed by atoms with van der Waals surface area (Å²) >= 11 is 0. The summed E-state index contributed by atoms with van der Waals surface area (Å²) in [5.74, 6) is 0.595. The number of alkyl halides is 3. The first kappa shape index (κ1) is 17.6. The summed E-state index contributed by atoms with van der Waals surface area (Å²) in [6, 6.07) is 3.49. The van der Waals surface area contributed by atoms with Crippen molar-refractivity contribution in [3.8, 4) is 0 Å². The van der Waals surface area contributed by atoms with Crippen LogP contribution in [0.15, 0.2) is 24.3 Å². The maximum atomic E-state index is 12.4. The molecule has 1 aliphatic rings. The van der Waals surface area contributed by atoms with Crippen molar-refractivity contribution in [1.82, 2.24) is 5.32 Å². The highest BCUT2D eigenvalue weighted by atomic mass is 19.4. The van der Waals surface area contributed by atoms with Crippen LogP contribution in [-0.4, -0.2) is 37.0 Å². The fourth-order valence-electron chi connectivity index (χ4n) is 1.84. The summed E-state index contributed by atoms with van der Waals surface area (Å²) in [5.41, 5.74) is -0.554. The van der Waals surface area contributed by atoms with Crippen LogP contribution in [-0.2, 0) is 10.9 Å². The van der Waals surface area contributed by atoms with Gasteiger partial charge < -0.3 is 20.5 Å². The summed E-state index contributed by atoms with van der Waals surface area (Å²) < 4.78 is 42.5. The van der Waals surface area contributed by atoms with Crippen LogP contribution < -0.4 is 10.6 Å². The molecular weight excluding hydrogens is 313 g/mol. The number of urea groups is 1. The first-order valence-electron chi connectivity index (χ1n) is 7.32. The van der Waals surface area contributed by atoms with Crippen molar-refractivity contribution in [3.05, 3.63) is 29.8 Å². The Bertz CT molecular complexity index is 516. The highest BCUT2D eigenvalue weighted by molar-refractivity contribution is 5.89. The van der Waals surface area contributed by atoms with Crippen molar-refractivity contribution in [3.63, 3.8) is 0 Å². The predicted octanol–water partition coefficient (Wildman–Crippen LogP) is 2.61. The number of anilines is 1. The number of benzene rings is 1. The van der Waals surface area contributed by atoms with Crippen molar-refractivity contribution in [2.45, 2.75) is 25.1 Å². The smallest absolute Gasteiger partial charge is 0.389 e. The molecule has 0 heterocycles. The van der Waals surface area contributed by atoms with Crippen LogP contribution in [0, 0.1) is 5.92 Å². The molecule has 3 N–H and O–H groups in total. The minimum absolute atomic E-state index is 0.00284. The van der Waals surface area contributed by atoms with Gasteiger partial charge in [-0.3, -0.25) is 0 Å². The quantitative estimate of drug-likeness (QED) is 0.719. The largest absolute Gasteiger partial charge is 0.416 e. The number of hydrogen-bond donors (Lipinski definition) is 3. The number of nitrogens with one attached hydrogen (secondary N) is 2. The lowest BCUT2D eigenvalue weighted by atomic mass is 10.2. The Labute approximate surface area is 131 Å². The number of hydrogen-bond acceptors (Lipinski definition) is 3. The molecule has 1 fully saturated rings. The molecule has 0 saturated heterocycles. The van der Waals surface area contributed by atoms with Gasteiger partial charge in [-0.1, -0.05) is 0 Å². The molecule has 2 rings (SSSR count). The molecule has 0 radical (unpaired) electrons. The standard InChI is InChI=1S/C15H19F3N2O3/c16-15(17,18)11-3-5-12(6-4-11)20-14(22)19-7-13(21)9-23-8-10-1-2-10/h3-6,10,13,21H,1-2,7-9H2,(H2,19,20,22)/t13-/m1/s1. The summed E-state index contributed by atoms with van der Waals surface area (Å²) in [5, 5.41) is 14.4. The van der Waals surface area contributed by atoms with Crippen LogP contribution >= 0.6 is 0 Å². The van der Waals surface area contributed by atoms with E-state index >= 15 is 0 Å². The van der Waals surface area contributed by atoms with Gasteiger partial charge in [0.1, 0.15) is 0 Å². The normalized spacial score (nSPS) is 16.0. The summed E-state index contributed by atoms with van der Waals surface area (Å²) in [6.45, 7) is 0.753. The molecule has 0 aromatic heterocycles. The van der Waals surface area contributed by atoms with Gasteiger partial charge in [-0.15, -0.1) is 0 Å². The second-order valence-electron chi connectivity index (χ2n) is 5.54. The first-order chi connectivity index (χ1) is 10.8. The molecule has 1 aromatic rings. The Kier molecular flexibility index (Phi) is 5.84. The third kappa shape index (κ3) is 6.45. The molecule has 5 nitrogen and oxygen atoms in total. The minimum atomic E-state index is -4.41. The Hall–Kier alpha value is -1.80. The number of carbonyl (C=O) groups excluding carboxylic acids is 1. The fraction of sp³-hybridized carbons (Fsp3) is 0.533. The zero-order valence-corrected chi connectivity index (χ0v) is 12.4. The highest BCUT2D eigenvalue weighted by Crippen LogP contribution is 2.30. The van der Waals surface area contributed by atoms with Gasteiger partial charge in [0.15, 0.2) is 0 Å². The second-order valence-corrected chi connectivity index (χ2v) is 5.54. The zero-order chi connectivity index (χ0) is 16.9. The van der Waals surface area contributed by atoms with Crippen LogP contribution in [0.2, 0.25) is 0 Å². The number of halogens is 3. The van der Waals surface area contributed by atoms with Crippen molar-refractivity contribution in [2.75, 3.05) is 25.1 Å². The zero-order valence-electron chi connectivity index (χ0n) is 12.4. The van der Waals surface area contributed by atoms with Gasteiger partial charge in [0, 0.05) is 18.8 Å².